The second kappa shape index (κ2) is 11.5. The van der Waals surface area contributed by atoms with Crippen LogP contribution in [0.5, 0.6) is 5.75 Å². The van der Waals surface area contributed by atoms with Crippen molar-refractivity contribution in [1.29, 1.82) is 0 Å². The van der Waals surface area contributed by atoms with Gasteiger partial charge < -0.3 is 19.3 Å². The van der Waals surface area contributed by atoms with Crippen LogP contribution in [0.15, 0.2) is 29.6 Å². The van der Waals surface area contributed by atoms with E-state index in [2.05, 4.69) is 42.6 Å². The predicted octanol–water partition coefficient (Wildman–Crippen LogP) is 5.56. The fourth-order valence-corrected chi connectivity index (χ4v) is 11.9. The molecule has 1 spiro atoms. The fraction of sp³-hybridized carbons (Fsp3) is 0.744. The standard InChI is InChI=1S/C39H53N3O6/c1-21(2)46-24-18-40-35(41-19-24)26-16-32(43)39-33(48-39)17-25-29-10-9-28(37(29,5)12-11-30(25)38(39,6)34(26)44)23(4)31-15-22(3)27(36(45)47-31)20-42-13-7-8-14-42/h16,18-19,21,23,25,28-33,43H,7-15,17,20H2,1-6H3/t23-,25-,28+,29-,30-,31?,32-,33+,37+,38-,39+/m0/s1. The molecule has 0 bridgehead atoms. The molecule has 8 rings (SSSR count). The average molecular weight is 660 g/mol. The van der Waals surface area contributed by atoms with Crippen LogP contribution in [0.2, 0.25) is 0 Å². The maximum atomic E-state index is 14.7. The molecule has 0 radical (unpaired) electrons. The van der Waals surface area contributed by atoms with Gasteiger partial charge in [0, 0.05) is 13.0 Å². The van der Waals surface area contributed by atoms with Gasteiger partial charge in [-0.3, -0.25) is 9.69 Å². The van der Waals surface area contributed by atoms with Crippen LogP contribution in [-0.4, -0.2) is 81.4 Å². The molecule has 3 saturated carbocycles. The van der Waals surface area contributed by atoms with Crippen LogP contribution >= 0.6 is 0 Å². The van der Waals surface area contributed by atoms with E-state index in [-0.39, 0.29) is 47.3 Å². The normalized spacial score (nSPS) is 42.8. The summed E-state index contributed by atoms with van der Waals surface area (Å²) in [5.41, 5.74) is 0.817. The van der Waals surface area contributed by atoms with Gasteiger partial charge in [-0.15, -0.1) is 0 Å². The SMILES string of the molecule is CC1=C(CN2CCCC2)C(=O)OC([C@@H](C)[C@H]2CC[C@H]3[C@@H]4C[C@H]5O[C@]56[C@@H](O)C=C(c5ncc(OC(C)C)cn5)C(=O)[C@]6(C)[C@H]4CC[C@]23C)C1. The lowest BCUT2D eigenvalue weighted by atomic mass is 9.43. The van der Waals surface area contributed by atoms with E-state index < -0.39 is 17.1 Å². The Morgan fingerprint density at radius 3 is 2.48 bits per heavy atom. The van der Waals surface area contributed by atoms with Crippen LogP contribution < -0.4 is 4.74 Å². The number of carbonyl (C=O) groups is 2. The molecule has 1 aromatic heterocycles. The Labute approximate surface area is 284 Å². The lowest BCUT2D eigenvalue weighted by Crippen LogP contribution is -2.64. The minimum Gasteiger partial charge on any atom is -0.488 e. The largest absolute Gasteiger partial charge is 0.488 e. The van der Waals surface area contributed by atoms with Crippen molar-refractivity contribution in [2.75, 3.05) is 19.6 Å². The van der Waals surface area contributed by atoms with Gasteiger partial charge in [-0.1, -0.05) is 19.4 Å². The Hall–Kier alpha value is -2.62. The number of nitrogens with zero attached hydrogens (tertiary/aromatic N) is 3. The van der Waals surface area contributed by atoms with Gasteiger partial charge >= 0.3 is 5.97 Å². The van der Waals surface area contributed by atoms with Crippen molar-refractivity contribution in [3.63, 3.8) is 0 Å². The summed E-state index contributed by atoms with van der Waals surface area (Å²) in [7, 11) is 0. The molecule has 4 heterocycles. The Morgan fingerprint density at radius 1 is 1.06 bits per heavy atom. The number of allylic oxidation sites excluding steroid dienone is 1. The minimum atomic E-state index is -0.895. The summed E-state index contributed by atoms with van der Waals surface area (Å²) in [4.78, 5) is 39.4. The molecule has 48 heavy (non-hydrogen) atoms. The average Bonchev–Trinajstić information content (AvgIpc) is 3.37. The molecule has 0 aromatic carbocycles. The van der Waals surface area contributed by atoms with Crippen molar-refractivity contribution in [2.45, 2.75) is 123 Å². The third kappa shape index (κ3) is 4.65. The van der Waals surface area contributed by atoms with Crippen LogP contribution in [0.4, 0.5) is 0 Å². The van der Waals surface area contributed by atoms with Gasteiger partial charge in [0.1, 0.15) is 17.8 Å². The number of aliphatic hydroxyl groups excluding tert-OH is 1. The van der Waals surface area contributed by atoms with Crippen LogP contribution in [-0.2, 0) is 19.1 Å². The molecule has 9 heteroatoms. The fourth-order valence-electron chi connectivity index (χ4n) is 11.9. The number of hydrogen-bond donors (Lipinski definition) is 1. The molecule has 260 valence electrons. The van der Waals surface area contributed by atoms with Gasteiger partial charge in [0.2, 0.25) is 0 Å². The van der Waals surface area contributed by atoms with Gasteiger partial charge in [0.15, 0.2) is 17.4 Å². The highest BCUT2D eigenvalue weighted by Gasteiger charge is 2.81. The van der Waals surface area contributed by atoms with E-state index in [0.717, 1.165) is 63.7 Å². The molecule has 3 aliphatic heterocycles. The minimum absolute atomic E-state index is 0.00448. The number of Topliss-reactive ketones (excluding diaryl/α,β-unsaturated/α-hetero) is 1. The van der Waals surface area contributed by atoms with E-state index in [1.807, 2.05) is 13.8 Å². The molecule has 7 aliphatic rings. The third-order valence-electron chi connectivity index (χ3n) is 14.4. The van der Waals surface area contributed by atoms with Crippen molar-refractivity contribution in [3.05, 3.63) is 35.4 Å². The Bertz CT molecular complexity index is 1550. The highest BCUT2D eigenvalue weighted by Crippen LogP contribution is 2.73. The molecule has 2 saturated heterocycles. The molecule has 1 N–H and O–H groups in total. The smallest absolute Gasteiger partial charge is 0.335 e. The highest BCUT2D eigenvalue weighted by atomic mass is 16.6. The number of aromatic nitrogens is 2. The molecule has 1 unspecified atom stereocenters. The van der Waals surface area contributed by atoms with Crippen LogP contribution in [0.25, 0.3) is 5.57 Å². The number of epoxide rings is 1. The van der Waals surface area contributed by atoms with Crippen molar-refractivity contribution >= 4 is 17.3 Å². The van der Waals surface area contributed by atoms with Crippen LogP contribution in [0.3, 0.4) is 0 Å². The molecule has 4 aliphatic carbocycles. The summed E-state index contributed by atoms with van der Waals surface area (Å²) >= 11 is 0. The third-order valence-corrected chi connectivity index (χ3v) is 14.4. The number of ether oxygens (including phenoxy) is 3. The highest BCUT2D eigenvalue weighted by molar-refractivity contribution is 6.24. The Morgan fingerprint density at radius 2 is 1.79 bits per heavy atom. The zero-order chi connectivity index (χ0) is 33.7. The molecule has 5 fully saturated rings. The number of ketones is 1. The van der Waals surface area contributed by atoms with E-state index in [0.29, 0.717) is 34.9 Å². The van der Waals surface area contributed by atoms with Gasteiger partial charge in [-0.05, 0) is 127 Å². The first-order valence-corrected chi connectivity index (χ1v) is 18.6. The van der Waals surface area contributed by atoms with E-state index in [9.17, 15) is 14.7 Å². The number of rotatable bonds is 7. The first-order valence-electron chi connectivity index (χ1n) is 18.6. The summed E-state index contributed by atoms with van der Waals surface area (Å²) in [6, 6.07) is 0. The Balaban J connectivity index is 1.03. The molecule has 9 nitrogen and oxygen atoms in total. The number of aliphatic hydroxyl groups is 1. The van der Waals surface area contributed by atoms with E-state index in [1.54, 1.807) is 18.5 Å². The van der Waals surface area contributed by atoms with Gasteiger partial charge in [-0.2, -0.15) is 0 Å². The lowest BCUT2D eigenvalue weighted by molar-refractivity contribution is -0.155. The molecule has 0 amide bonds. The zero-order valence-electron chi connectivity index (χ0n) is 29.5. The lowest BCUT2D eigenvalue weighted by Gasteiger charge is -2.58. The quantitative estimate of drug-likeness (QED) is 0.297. The van der Waals surface area contributed by atoms with Crippen LogP contribution in [0.1, 0.15) is 98.7 Å². The van der Waals surface area contributed by atoms with Gasteiger partial charge in [-0.25, -0.2) is 14.8 Å². The van der Waals surface area contributed by atoms with Gasteiger partial charge in [0.05, 0.1) is 41.2 Å². The molecular weight excluding hydrogens is 606 g/mol. The second-order valence-corrected chi connectivity index (χ2v) is 17.0. The number of fused-ring (bicyclic) bond motifs is 4. The molecule has 1 aromatic rings. The first-order chi connectivity index (χ1) is 22.9. The van der Waals surface area contributed by atoms with Crippen molar-refractivity contribution in [1.82, 2.24) is 14.9 Å². The van der Waals surface area contributed by atoms with E-state index >= 15 is 0 Å². The van der Waals surface area contributed by atoms with E-state index in [4.69, 9.17) is 14.2 Å². The number of likely N-dealkylation sites (tertiary alicyclic amines) is 1. The second-order valence-electron chi connectivity index (χ2n) is 17.0. The van der Waals surface area contributed by atoms with Gasteiger partial charge in [0.25, 0.3) is 0 Å². The van der Waals surface area contributed by atoms with Crippen molar-refractivity contribution in [2.24, 2.45) is 40.4 Å². The summed E-state index contributed by atoms with van der Waals surface area (Å²) < 4.78 is 18.5. The monoisotopic (exact) mass is 659 g/mol. The summed E-state index contributed by atoms with van der Waals surface area (Å²) in [5.74, 6) is 2.34. The maximum absolute atomic E-state index is 14.7. The number of cyclic esters (lactones) is 1. The van der Waals surface area contributed by atoms with Crippen molar-refractivity contribution in [3.8, 4) is 5.75 Å². The molecular formula is C39H53N3O6. The van der Waals surface area contributed by atoms with E-state index in [1.165, 1.54) is 18.4 Å². The summed E-state index contributed by atoms with van der Waals surface area (Å²) in [6.07, 6.45) is 12.0. The predicted molar refractivity (Wildman–Crippen MR) is 180 cm³/mol. The Kier molecular flexibility index (Phi) is 7.78. The number of esters is 1. The van der Waals surface area contributed by atoms with Crippen LogP contribution in [0, 0.1) is 40.4 Å². The first kappa shape index (κ1) is 32.6. The maximum Gasteiger partial charge on any atom is 0.335 e. The topological polar surface area (TPSA) is 114 Å². The molecule has 11 atom stereocenters. The summed E-state index contributed by atoms with van der Waals surface area (Å²) in [5, 5.41) is 11.6. The van der Waals surface area contributed by atoms with Crippen molar-refractivity contribution < 1.29 is 28.9 Å². The number of carbonyl (C=O) groups excluding carboxylic acids is 2. The number of hydrogen-bond acceptors (Lipinski definition) is 9. The zero-order valence-corrected chi connectivity index (χ0v) is 29.5. The summed E-state index contributed by atoms with van der Waals surface area (Å²) in [6.45, 7) is 15.7.